The molecule has 1 unspecified atom stereocenters. The maximum atomic E-state index is 12.6. The standard InChI is InChI=1S/C20H29N3O2S/c1-23(16-7-3-2-4-8-16)19(24)14-26-18-10-6-5-9-17(18)20(25)22-15-11-12-21-13-15/h5-6,9-10,15-16,21H,2-4,7-8,11-14H2,1H3,(H,22,25). The van der Waals surface area contributed by atoms with Gasteiger partial charge < -0.3 is 15.5 Å². The monoisotopic (exact) mass is 375 g/mol. The summed E-state index contributed by atoms with van der Waals surface area (Å²) in [7, 11) is 1.92. The zero-order valence-corrected chi connectivity index (χ0v) is 16.3. The van der Waals surface area contributed by atoms with Crippen LogP contribution in [0.15, 0.2) is 29.2 Å². The van der Waals surface area contributed by atoms with Crippen LogP contribution in [0.25, 0.3) is 0 Å². The van der Waals surface area contributed by atoms with Gasteiger partial charge in [0.25, 0.3) is 5.91 Å². The molecular weight excluding hydrogens is 346 g/mol. The molecule has 142 valence electrons. The molecule has 3 rings (SSSR count). The summed E-state index contributed by atoms with van der Waals surface area (Å²) in [5, 5.41) is 6.34. The Morgan fingerprint density at radius 1 is 1.19 bits per heavy atom. The van der Waals surface area contributed by atoms with Crippen molar-refractivity contribution in [2.24, 2.45) is 0 Å². The lowest BCUT2D eigenvalue weighted by atomic mass is 9.94. The van der Waals surface area contributed by atoms with Gasteiger partial charge >= 0.3 is 0 Å². The summed E-state index contributed by atoms with van der Waals surface area (Å²) in [5.74, 6) is 0.481. The highest BCUT2D eigenvalue weighted by Gasteiger charge is 2.23. The van der Waals surface area contributed by atoms with E-state index in [0.717, 1.165) is 37.2 Å². The van der Waals surface area contributed by atoms with Gasteiger partial charge in [0.05, 0.1) is 11.3 Å². The molecule has 2 fully saturated rings. The van der Waals surface area contributed by atoms with Gasteiger partial charge in [-0.3, -0.25) is 9.59 Å². The number of nitrogens with one attached hydrogen (secondary N) is 2. The summed E-state index contributed by atoms with van der Waals surface area (Å²) in [6.07, 6.45) is 6.91. The van der Waals surface area contributed by atoms with Crippen LogP contribution in [0.4, 0.5) is 0 Å². The van der Waals surface area contributed by atoms with Crippen LogP contribution in [-0.4, -0.2) is 54.7 Å². The molecule has 1 aliphatic carbocycles. The van der Waals surface area contributed by atoms with Crippen molar-refractivity contribution in [2.45, 2.75) is 55.5 Å². The Hall–Kier alpha value is -1.53. The van der Waals surface area contributed by atoms with E-state index in [0.29, 0.717) is 17.4 Å². The smallest absolute Gasteiger partial charge is 0.252 e. The van der Waals surface area contributed by atoms with Crippen LogP contribution < -0.4 is 10.6 Å². The van der Waals surface area contributed by atoms with E-state index in [1.165, 1.54) is 31.0 Å². The van der Waals surface area contributed by atoms with Crippen molar-refractivity contribution in [1.29, 1.82) is 0 Å². The summed E-state index contributed by atoms with van der Waals surface area (Å²) < 4.78 is 0. The maximum absolute atomic E-state index is 12.6. The van der Waals surface area contributed by atoms with Crippen molar-refractivity contribution in [3.8, 4) is 0 Å². The predicted octanol–water partition coefficient (Wildman–Crippen LogP) is 2.66. The fraction of sp³-hybridized carbons (Fsp3) is 0.600. The largest absolute Gasteiger partial charge is 0.348 e. The zero-order chi connectivity index (χ0) is 18.4. The number of rotatable bonds is 6. The number of carbonyl (C=O) groups is 2. The number of amides is 2. The average Bonchev–Trinajstić information content (AvgIpc) is 3.19. The lowest BCUT2D eigenvalue weighted by molar-refractivity contribution is -0.129. The molecule has 0 spiro atoms. The predicted molar refractivity (Wildman–Crippen MR) is 106 cm³/mol. The van der Waals surface area contributed by atoms with Crippen LogP contribution >= 0.6 is 11.8 Å². The molecule has 1 saturated carbocycles. The number of hydrogen-bond acceptors (Lipinski definition) is 4. The number of hydrogen-bond donors (Lipinski definition) is 2. The second kappa shape index (κ2) is 9.42. The molecule has 1 aliphatic heterocycles. The van der Waals surface area contributed by atoms with E-state index in [2.05, 4.69) is 10.6 Å². The lowest BCUT2D eigenvalue weighted by Gasteiger charge is -2.31. The molecule has 2 aliphatic rings. The quantitative estimate of drug-likeness (QED) is 0.751. The van der Waals surface area contributed by atoms with E-state index in [1.54, 1.807) is 0 Å². The highest BCUT2D eigenvalue weighted by molar-refractivity contribution is 8.00. The molecule has 0 aromatic heterocycles. The molecule has 1 aromatic rings. The van der Waals surface area contributed by atoms with Gasteiger partial charge in [0.2, 0.25) is 5.91 Å². The van der Waals surface area contributed by atoms with E-state index in [-0.39, 0.29) is 17.9 Å². The van der Waals surface area contributed by atoms with Gasteiger partial charge in [0, 0.05) is 30.6 Å². The fourth-order valence-corrected chi connectivity index (χ4v) is 4.71. The van der Waals surface area contributed by atoms with Crippen LogP contribution in [0.5, 0.6) is 0 Å². The van der Waals surface area contributed by atoms with Gasteiger partial charge in [-0.25, -0.2) is 0 Å². The number of nitrogens with zero attached hydrogens (tertiary/aromatic N) is 1. The molecule has 5 nitrogen and oxygen atoms in total. The van der Waals surface area contributed by atoms with Gasteiger partial charge in [-0.15, -0.1) is 11.8 Å². The zero-order valence-electron chi connectivity index (χ0n) is 15.5. The van der Waals surface area contributed by atoms with Crippen molar-refractivity contribution in [3.63, 3.8) is 0 Å². The number of benzene rings is 1. The molecule has 2 amide bonds. The first kappa shape index (κ1) is 19.2. The van der Waals surface area contributed by atoms with Gasteiger partial charge in [-0.1, -0.05) is 31.4 Å². The minimum absolute atomic E-state index is 0.0464. The molecule has 1 saturated heterocycles. The molecule has 0 radical (unpaired) electrons. The third kappa shape index (κ3) is 5.01. The molecule has 0 bridgehead atoms. The van der Waals surface area contributed by atoms with Crippen LogP contribution in [0.2, 0.25) is 0 Å². The molecule has 6 heteroatoms. The van der Waals surface area contributed by atoms with Crippen molar-refractivity contribution in [3.05, 3.63) is 29.8 Å². The van der Waals surface area contributed by atoms with E-state index < -0.39 is 0 Å². The highest BCUT2D eigenvalue weighted by Crippen LogP contribution is 2.25. The lowest BCUT2D eigenvalue weighted by Crippen LogP contribution is -2.39. The Morgan fingerprint density at radius 2 is 1.96 bits per heavy atom. The van der Waals surface area contributed by atoms with Gasteiger partial charge in [0.1, 0.15) is 0 Å². The minimum Gasteiger partial charge on any atom is -0.348 e. The molecule has 1 atom stereocenters. The SMILES string of the molecule is CN(C(=O)CSc1ccccc1C(=O)NC1CCNC1)C1CCCCC1. The Bertz CT molecular complexity index is 625. The third-order valence-corrected chi connectivity index (χ3v) is 6.45. The van der Waals surface area contributed by atoms with Gasteiger partial charge in [-0.2, -0.15) is 0 Å². The average molecular weight is 376 g/mol. The molecule has 26 heavy (non-hydrogen) atoms. The number of carbonyl (C=O) groups excluding carboxylic acids is 2. The first-order chi connectivity index (χ1) is 12.6. The summed E-state index contributed by atoms with van der Waals surface area (Å²) in [4.78, 5) is 28.0. The van der Waals surface area contributed by atoms with Crippen molar-refractivity contribution in [2.75, 3.05) is 25.9 Å². The van der Waals surface area contributed by atoms with E-state index in [9.17, 15) is 9.59 Å². The second-order valence-electron chi connectivity index (χ2n) is 7.24. The molecule has 1 aromatic carbocycles. The van der Waals surface area contributed by atoms with Crippen LogP contribution in [0.3, 0.4) is 0 Å². The van der Waals surface area contributed by atoms with E-state index in [4.69, 9.17) is 0 Å². The Balaban J connectivity index is 1.57. The molecular formula is C20H29N3O2S. The third-order valence-electron chi connectivity index (χ3n) is 5.39. The maximum Gasteiger partial charge on any atom is 0.252 e. The van der Waals surface area contributed by atoms with Crippen molar-refractivity contribution >= 4 is 23.6 Å². The van der Waals surface area contributed by atoms with E-state index in [1.807, 2.05) is 36.2 Å². The molecule has 1 heterocycles. The summed E-state index contributed by atoms with van der Waals surface area (Å²) in [5.41, 5.74) is 0.664. The first-order valence-corrected chi connectivity index (χ1v) is 10.6. The topological polar surface area (TPSA) is 61.4 Å². The van der Waals surface area contributed by atoms with Crippen LogP contribution in [0.1, 0.15) is 48.9 Å². The van der Waals surface area contributed by atoms with Gasteiger partial charge in [0.15, 0.2) is 0 Å². The summed E-state index contributed by atoms with van der Waals surface area (Å²) >= 11 is 1.47. The first-order valence-electron chi connectivity index (χ1n) is 9.64. The van der Waals surface area contributed by atoms with Crippen molar-refractivity contribution in [1.82, 2.24) is 15.5 Å². The van der Waals surface area contributed by atoms with Crippen LogP contribution in [0, 0.1) is 0 Å². The Labute approximate surface area is 160 Å². The van der Waals surface area contributed by atoms with Crippen LogP contribution in [-0.2, 0) is 4.79 Å². The fourth-order valence-electron chi connectivity index (χ4n) is 3.73. The van der Waals surface area contributed by atoms with Crippen molar-refractivity contribution < 1.29 is 9.59 Å². The highest BCUT2D eigenvalue weighted by atomic mass is 32.2. The normalized spacial score (nSPS) is 20.7. The second-order valence-corrected chi connectivity index (χ2v) is 8.26. The van der Waals surface area contributed by atoms with Gasteiger partial charge in [-0.05, 0) is 37.9 Å². The summed E-state index contributed by atoms with van der Waals surface area (Å²) in [6, 6.07) is 8.15. The van der Waals surface area contributed by atoms with E-state index >= 15 is 0 Å². The Morgan fingerprint density at radius 3 is 2.69 bits per heavy atom. The number of thioether (sulfide) groups is 1. The minimum atomic E-state index is -0.0464. The molecule has 2 N–H and O–H groups in total. The Kier molecular flexibility index (Phi) is 6.97. The summed E-state index contributed by atoms with van der Waals surface area (Å²) in [6.45, 7) is 1.77.